The number of carbonyl (C=O) groups is 3. The molecule has 1 heterocycles. The molecule has 2 bridgehead atoms. The van der Waals surface area contributed by atoms with Crippen LogP contribution in [0.2, 0.25) is 0 Å². The zero-order valence-corrected chi connectivity index (χ0v) is 14.6. The highest BCUT2D eigenvalue weighted by molar-refractivity contribution is 5.93. The van der Waals surface area contributed by atoms with Gasteiger partial charge in [0, 0.05) is 24.2 Å². The summed E-state index contributed by atoms with van der Waals surface area (Å²) in [5, 5.41) is 0. The molecule has 3 rings (SSSR count). The highest BCUT2D eigenvalue weighted by Crippen LogP contribution is 2.65. The Labute approximate surface area is 141 Å². The van der Waals surface area contributed by atoms with Crippen LogP contribution in [0.15, 0.2) is 12.2 Å². The van der Waals surface area contributed by atoms with Crippen LogP contribution in [-0.4, -0.2) is 36.7 Å². The quantitative estimate of drug-likeness (QED) is 0.434. The Morgan fingerprint density at radius 3 is 2.21 bits per heavy atom. The van der Waals surface area contributed by atoms with Crippen molar-refractivity contribution in [2.75, 3.05) is 13.2 Å². The van der Waals surface area contributed by atoms with Crippen LogP contribution in [0.4, 0.5) is 0 Å². The monoisotopic (exact) mass is 336 g/mol. The van der Waals surface area contributed by atoms with Crippen molar-refractivity contribution in [1.82, 2.24) is 0 Å². The van der Waals surface area contributed by atoms with Crippen LogP contribution in [0.25, 0.3) is 0 Å². The first-order valence-corrected chi connectivity index (χ1v) is 8.29. The van der Waals surface area contributed by atoms with E-state index in [-0.39, 0.29) is 37.0 Å². The Kier molecular flexibility index (Phi) is 3.59. The lowest BCUT2D eigenvalue weighted by molar-refractivity contribution is -0.183. The Bertz CT molecular complexity index is 635. The van der Waals surface area contributed by atoms with Crippen molar-refractivity contribution in [3.63, 3.8) is 0 Å². The average Bonchev–Trinajstić information content (AvgIpc) is 3.02. The topological polar surface area (TPSA) is 78.9 Å². The highest BCUT2D eigenvalue weighted by Gasteiger charge is 2.76. The molecule has 0 aromatic carbocycles. The van der Waals surface area contributed by atoms with Gasteiger partial charge in [-0.15, -0.1) is 0 Å². The zero-order valence-electron chi connectivity index (χ0n) is 14.6. The molecule has 4 atom stereocenters. The van der Waals surface area contributed by atoms with Crippen molar-refractivity contribution in [3.05, 3.63) is 12.2 Å². The lowest BCUT2D eigenvalue weighted by Gasteiger charge is -2.34. The summed E-state index contributed by atoms with van der Waals surface area (Å²) in [6.45, 7) is 11.4. The molecule has 3 aliphatic rings. The Hall–Kier alpha value is -1.85. The average molecular weight is 336 g/mol. The molecule has 0 radical (unpaired) electrons. The van der Waals surface area contributed by atoms with E-state index in [1.807, 2.05) is 20.8 Å². The summed E-state index contributed by atoms with van der Waals surface area (Å²) in [4.78, 5) is 35.8. The second-order valence-corrected chi connectivity index (χ2v) is 7.86. The summed E-state index contributed by atoms with van der Waals surface area (Å²) < 4.78 is 16.0. The van der Waals surface area contributed by atoms with E-state index in [0.717, 1.165) is 5.57 Å². The molecular formula is C18H24O6. The maximum absolute atomic E-state index is 12.7. The van der Waals surface area contributed by atoms with Crippen LogP contribution in [-0.2, 0) is 28.6 Å². The molecule has 0 aromatic heterocycles. The summed E-state index contributed by atoms with van der Waals surface area (Å²) in [5.74, 6) is -1.11. The smallest absolute Gasteiger partial charge is 0.351 e. The molecule has 0 unspecified atom stereocenters. The van der Waals surface area contributed by atoms with E-state index >= 15 is 0 Å². The van der Waals surface area contributed by atoms with Gasteiger partial charge < -0.3 is 14.2 Å². The Morgan fingerprint density at radius 2 is 1.75 bits per heavy atom. The lowest BCUT2D eigenvalue weighted by atomic mass is 9.66. The minimum absolute atomic E-state index is 0.00213. The number of hydrogen-bond acceptors (Lipinski definition) is 6. The molecule has 0 spiro atoms. The van der Waals surface area contributed by atoms with E-state index < -0.39 is 22.4 Å². The molecular weight excluding hydrogens is 312 g/mol. The van der Waals surface area contributed by atoms with E-state index in [1.54, 1.807) is 0 Å². The number of hydrogen-bond donors (Lipinski definition) is 0. The van der Waals surface area contributed by atoms with Crippen molar-refractivity contribution in [3.8, 4) is 0 Å². The third kappa shape index (κ3) is 2.04. The molecule has 3 fully saturated rings. The van der Waals surface area contributed by atoms with Crippen LogP contribution < -0.4 is 0 Å². The molecule has 0 N–H and O–H groups in total. The van der Waals surface area contributed by atoms with Gasteiger partial charge in [-0.25, -0.2) is 4.79 Å². The first kappa shape index (κ1) is 17.0. The first-order valence-electron chi connectivity index (χ1n) is 8.29. The zero-order chi connectivity index (χ0) is 17.9. The van der Waals surface area contributed by atoms with Crippen molar-refractivity contribution < 1.29 is 28.6 Å². The van der Waals surface area contributed by atoms with Gasteiger partial charge >= 0.3 is 17.9 Å². The minimum atomic E-state index is -1.19. The van der Waals surface area contributed by atoms with Gasteiger partial charge in [0.2, 0.25) is 5.60 Å². The molecule has 1 saturated heterocycles. The number of esters is 3. The Balaban J connectivity index is 1.62. The first-order chi connectivity index (χ1) is 11.1. The van der Waals surface area contributed by atoms with Crippen molar-refractivity contribution >= 4 is 17.9 Å². The molecule has 1 aliphatic heterocycles. The van der Waals surface area contributed by atoms with Gasteiger partial charge in [0.05, 0.1) is 18.6 Å². The van der Waals surface area contributed by atoms with Gasteiger partial charge in [0.25, 0.3) is 0 Å². The number of fused-ring (bicyclic) bond motifs is 2. The Morgan fingerprint density at radius 1 is 1.17 bits per heavy atom. The van der Waals surface area contributed by atoms with Crippen LogP contribution in [0.1, 0.15) is 40.5 Å². The van der Waals surface area contributed by atoms with Crippen molar-refractivity contribution in [2.24, 2.45) is 22.7 Å². The second kappa shape index (κ2) is 5.07. The molecule has 0 amide bonds. The predicted octanol–water partition coefficient (Wildman–Crippen LogP) is 2.02. The van der Waals surface area contributed by atoms with Gasteiger partial charge in [-0.1, -0.05) is 26.0 Å². The van der Waals surface area contributed by atoms with Crippen LogP contribution in [0, 0.1) is 22.7 Å². The molecule has 2 aliphatic carbocycles. The summed E-state index contributed by atoms with van der Waals surface area (Å²) >= 11 is 0. The summed E-state index contributed by atoms with van der Waals surface area (Å²) in [6, 6.07) is 0. The fourth-order valence-electron chi connectivity index (χ4n) is 4.08. The molecule has 6 nitrogen and oxygen atoms in total. The normalized spacial score (nSPS) is 38.7. The summed E-state index contributed by atoms with van der Waals surface area (Å²) in [5.41, 5.74) is -1.53. The molecule has 2 saturated carbocycles. The highest BCUT2D eigenvalue weighted by atomic mass is 16.6. The fraction of sp³-hybridized carbons (Fsp3) is 0.722. The van der Waals surface area contributed by atoms with Gasteiger partial charge in [0.15, 0.2) is 0 Å². The van der Waals surface area contributed by atoms with E-state index in [2.05, 4.69) is 6.58 Å². The van der Waals surface area contributed by atoms with E-state index in [4.69, 9.17) is 14.2 Å². The summed E-state index contributed by atoms with van der Waals surface area (Å²) in [7, 11) is 0. The van der Waals surface area contributed by atoms with E-state index in [9.17, 15) is 14.4 Å². The minimum Gasteiger partial charge on any atom is -0.465 e. The second-order valence-electron chi connectivity index (χ2n) is 7.86. The summed E-state index contributed by atoms with van der Waals surface area (Å²) in [6.07, 6.45) is 1.11. The third-order valence-electron chi connectivity index (χ3n) is 6.60. The number of carbonyl (C=O) groups excluding carboxylic acids is 3. The van der Waals surface area contributed by atoms with Gasteiger partial charge in [-0.3, -0.25) is 9.59 Å². The molecule has 6 heteroatoms. The lowest BCUT2D eigenvalue weighted by Crippen LogP contribution is -2.49. The number of rotatable bonds is 5. The number of ether oxygens (including phenoxy) is 3. The van der Waals surface area contributed by atoms with E-state index in [0.29, 0.717) is 12.8 Å². The molecule has 24 heavy (non-hydrogen) atoms. The maximum atomic E-state index is 12.7. The SMILES string of the molecule is C=C1[C@@H](COC(=O)[C@@]23CC[C@@](C)(C(=O)O2)C3(C)C)[C@H]1COC(C)=O. The largest absolute Gasteiger partial charge is 0.465 e. The third-order valence-corrected chi connectivity index (χ3v) is 6.60. The molecule has 0 aromatic rings. The predicted molar refractivity (Wildman–Crippen MR) is 83.7 cm³/mol. The van der Waals surface area contributed by atoms with E-state index in [1.165, 1.54) is 6.92 Å². The molecule has 132 valence electrons. The van der Waals surface area contributed by atoms with Crippen molar-refractivity contribution in [1.29, 1.82) is 0 Å². The van der Waals surface area contributed by atoms with Crippen LogP contribution >= 0.6 is 0 Å². The van der Waals surface area contributed by atoms with Crippen molar-refractivity contribution in [2.45, 2.75) is 46.1 Å². The van der Waals surface area contributed by atoms with Gasteiger partial charge in [-0.2, -0.15) is 0 Å². The van der Waals surface area contributed by atoms with Crippen LogP contribution in [0.3, 0.4) is 0 Å². The fourth-order valence-corrected chi connectivity index (χ4v) is 4.08. The van der Waals surface area contributed by atoms with Gasteiger partial charge in [-0.05, 0) is 19.8 Å². The maximum Gasteiger partial charge on any atom is 0.351 e. The van der Waals surface area contributed by atoms with Gasteiger partial charge in [0.1, 0.15) is 0 Å². The standard InChI is InChI=1S/C18H24O6/c1-10-12(8-22-11(2)19)13(10)9-23-15(21)18-7-6-17(5,14(20)24-18)16(18,3)4/h12-13H,1,6-9H2,2-5H3/t12-,13+,17-,18+/m0/s1. The van der Waals surface area contributed by atoms with Crippen LogP contribution in [0.5, 0.6) is 0 Å².